The number of benzene rings is 3. The van der Waals surface area contributed by atoms with E-state index in [9.17, 15) is 4.79 Å². The predicted octanol–water partition coefficient (Wildman–Crippen LogP) is 5.84. The standard InChI is InChI=1S/C31H37ClN4O/c1-34-18-16-26(17-19-34)30(27-14-8-9-15-28(27)32)35-20-22-36(23-21-35)31(37)33-29(24-10-4-2-5-11-24)25-12-6-3-7-13-25/h2-15,26,29-30H,16-23H2,1H3,(H,33,37). The first kappa shape index (κ1) is 25.8. The van der Waals surface area contributed by atoms with Crippen molar-refractivity contribution in [2.24, 2.45) is 5.92 Å². The first-order chi connectivity index (χ1) is 18.1. The molecule has 2 saturated heterocycles. The van der Waals surface area contributed by atoms with Crippen LogP contribution in [0.1, 0.15) is 41.6 Å². The molecule has 2 fully saturated rings. The van der Waals surface area contributed by atoms with Gasteiger partial charge in [0.15, 0.2) is 0 Å². The van der Waals surface area contributed by atoms with Crippen molar-refractivity contribution in [3.63, 3.8) is 0 Å². The van der Waals surface area contributed by atoms with Crippen molar-refractivity contribution in [3.8, 4) is 0 Å². The molecule has 3 aromatic rings. The summed E-state index contributed by atoms with van der Waals surface area (Å²) < 4.78 is 0. The summed E-state index contributed by atoms with van der Waals surface area (Å²) in [5.41, 5.74) is 3.40. The number of hydrogen-bond donors (Lipinski definition) is 1. The summed E-state index contributed by atoms with van der Waals surface area (Å²) in [4.78, 5) is 20.4. The highest BCUT2D eigenvalue weighted by Gasteiger charge is 2.35. The van der Waals surface area contributed by atoms with Gasteiger partial charge in [0, 0.05) is 37.2 Å². The second-order valence-corrected chi connectivity index (χ2v) is 10.7. The number of piperidine rings is 1. The van der Waals surface area contributed by atoms with E-state index in [1.165, 1.54) is 18.4 Å². The summed E-state index contributed by atoms with van der Waals surface area (Å²) in [6.07, 6.45) is 2.34. The lowest BCUT2D eigenvalue weighted by molar-refractivity contribution is 0.0575. The van der Waals surface area contributed by atoms with Crippen molar-refractivity contribution < 1.29 is 4.79 Å². The van der Waals surface area contributed by atoms with E-state index >= 15 is 0 Å². The maximum Gasteiger partial charge on any atom is 0.318 e. The molecule has 0 saturated carbocycles. The second kappa shape index (κ2) is 12.1. The van der Waals surface area contributed by atoms with Crippen LogP contribution in [0.2, 0.25) is 5.02 Å². The fraction of sp³-hybridized carbons (Fsp3) is 0.387. The van der Waals surface area contributed by atoms with E-state index in [2.05, 4.69) is 58.6 Å². The van der Waals surface area contributed by atoms with E-state index in [-0.39, 0.29) is 18.1 Å². The average Bonchev–Trinajstić information content (AvgIpc) is 2.95. The summed E-state index contributed by atoms with van der Waals surface area (Å²) in [7, 11) is 2.20. The van der Waals surface area contributed by atoms with Crippen LogP contribution >= 0.6 is 11.6 Å². The van der Waals surface area contributed by atoms with Gasteiger partial charge in [-0.2, -0.15) is 0 Å². The molecule has 6 heteroatoms. The number of nitrogens with one attached hydrogen (secondary N) is 1. The zero-order chi connectivity index (χ0) is 25.6. The van der Waals surface area contributed by atoms with E-state index in [0.717, 1.165) is 42.3 Å². The fourth-order valence-corrected chi connectivity index (χ4v) is 6.12. The van der Waals surface area contributed by atoms with E-state index in [4.69, 9.17) is 11.6 Å². The summed E-state index contributed by atoms with van der Waals surface area (Å²) in [6.45, 7) is 5.34. The summed E-state index contributed by atoms with van der Waals surface area (Å²) in [5, 5.41) is 4.16. The van der Waals surface area contributed by atoms with E-state index in [0.29, 0.717) is 19.0 Å². The van der Waals surface area contributed by atoms with Crippen molar-refractivity contribution in [3.05, 3.63) is 107 Å². The largest absolute Gasteiger partial charge is 0.327 e. The Bertz CT molecular complexity index is 1100. The van der Waals surface area contributed by atoms with Gasteiger partial charge in [0.1, 0.15) is 0 Å². The lowest BCUT2D eigenvalue weighted by Crippen LogP contribution is -2.54. The number of likely N-dealkylation sites (tertiary alicyclic amines) is 1. The monoisotopic (exact) mass is 516 g/mol. The Kier molecular flexibility index (Phi) is 8.45. The first-order valence-corrected chi connectivity index (χ1v) is 13.8. The minimum atomic E-state index is -0.178. The van der Waals surface area contributed by atoms with Crippen LogP contribution in [0, 0.1) is 5.92 Å². The van der Waals surface area contributed by atoms with Gasteiger partial charge in [0.25, 0.3) is 0 Å². The van der Waals surface area contributed by atoms with E-state index in [1.54, 1.807) is 0 Å². The van der Waals surface area contributed by atoms with E-state index in [1.807, 2.05) is 53.4 Å². The number of nitrogens with zero attached hydrogens (tertiary/aromatic N) is 3. The van der Waals surface area contributed by atoms with Gasteiger partial charge in [-0.15, -0.1) is 0 Å². The van der Waals surface area contributed by atoms with Crippen molar-refractivity contribution in [1.29, 1.82) is 0 Å². The molecule has 2 aliphatic heterocycles. The Morgan fingerprint density at radius 3 is 1.89 bits per heavy atom. The van der Waals surface area contributed by atoms with Gasteiger partial charge >= 0.3 is 6.03 Å². The van der Waals surface area contributed by atoms with Crippen molar-refractivity contribution in [2.45, 2.75) is 24.9 Å². The number of rotatable bonds is 6. The number of carbonyl (C=O) groups is 1. The maximum atomic E-state index is 13.5. The zero-order valence-electron chi connectivity index (χ0n) is 21.6. The van der Waals surface area contributed by atoms with E-state index < -0.39 is 0 Å². The molecule has 0 aliphatic carbocycles. The van der Waals surface area contributed by atoms with Crippen LogP contribution in [0.15, 0.2) is 84.9 Å². The fourth-order valence-electron chi connectivity index (χ4n) is 5.88. The number of hydrogen-bond acceptors (Lipinski definition) is 3. The van der Waals surface area contributed by atoms with Gasteiger partial charge in [0.2, 0.25) is 0 Å². The Balaban J connectivity index is 1.28. The molecule has 1 unspecified atom stereocenters. The number of amides is 2. The topological polar surface area (TPSA) is 38.8 Å². The first-order valence-electron chi connectivity index (χ1n) is 13.4. The van der Waals surface area contributed by atoms with Gasteiger partial charge in [-0.1, -0.05) is 90.5 Å². The van der Waals surface area contributed by atoms with Crippen molar-refractivity contribution in [2.75, 3.05) is 46.3 Å². The molecule has 5 rings (SSSR count). The highest BCUT2D eigenvalue weighted by atomic mass is 35.5. The van der Waals surface area contributed by atoms with Crippen LogP contribution < -0.4 is 5.32 Å². The van der Waals surface area contributed by atoms with Gasteiger partial charge in [-0.3, -0.25) is 4.90 Å². The summed E-state index contributed by atoms with van der Waals surface area (Å²) >= 11 is 6.73. The predicted molar refractivity (Wildman–Crippen MR) is 151 cm³/mol. The number of urea groups is 1. The minimum absolute atomic E-state index is 0.00839. The van der Waals surface area contributed by atoms with Crippen LogP contribution in [0.3, 0.4) is 0 Å². The third kappa shape index (κ3) is 6.18. The molecule has 0 bridgehead atoms. The molecule has 2 heterocycles. The number of halogens is 1. The third-order valence-electron chi connectivity index (χ3n) is 7.96. The molecule has 0 radical (unpaired) electrons. The third-order valence-corrected chi connectivity index (χ3v) is 8.31. The minimum Gasteiger partial charge on any atom is -0.327 e. The molecule has 1 atom stereocenters. The second-order valence-electron chi connectivity index (χ2n) is 10.3. The quantitative estimate of drug-likeness (QED) is 0.447. The molecule has 0 aromatic heterocycles. The maximum absolute atomic E-state index is 13.5. The van der Waals surface area contributed by atoms with Crippen molar-refractivity contribution >= 4 is 17.6 Å². The molecule has 1 N–H and O–H groups in total. The highest BCUT2D eigenvalue weighted by Crippen LogP contribution is 2.39. The van der Waals surface area contributed by atoms with Crippen LogP contribution in [0.4, 0.5) is 4.79 Å². The smallest absolute Gasteiger partial charge is 0.318 e. The van der Waals surface area contributed by atoms with Crippen molar-refractivity contribution in [1.82, 2.24) is 20.0 Å². The lowest BCUT2D eigenvalue weighted by atomic mass is 9.84. The molecule has 0 spiro atoms. The normalized spacial score (nSPS) is 18.6. The molecule has 194 valence electrons. The number of carbonyl (C=O) groups excluding carboxylic acids is 1. The highest BCUT2D eigenvalue weighted by molar-refractivity contribution is 6.31. The van der Waals surface area contributed by atoms with Gasteiger partial charge in [-0.25, -0.2) is 4.79 Å². The SMILES string of the molecule is CN1CCC(C(c2ccccc2Cl)N2CCN(C(=O)NC(c3ccccc3)c3ccccc3)CC2)CC1. The Morgan fingerprint density at radius 2 is 1.32 bits per heavy atom. The molecular formula is C31H37ClN4O. The number of piperazine rings is 1. The molecular weight excluding hydrogens is 480 g/mol. The summed E-state index contributed by atoms with van der Waals surface area (Å²) in [6, 6.07) is 28.8. The molecule has 3 aromatic carbocycles. The summed E-state index contributed by atoms with van der Waals surface area (Å²) in [5.74, 6) is 0.567. The molecule has 2 amide bonds. The average molecular weight is 517 g/mol. The molecule has 2 aliphatic rings. The Morgan fingerprint density at radius 1 is 0.784 bits per heavy atom. The van der Waals surface area contributed by atoms with Gasteiger partial charge in [0.05, 0.1) is 6.04 Å². The molecule has 37 heavy (non-hydrogen) atoms. The lowest BCUT2D eigenvalue weighted by Gasteiger charge is -2.45. The molecule has 5 nitrogen and oxygen atoms in total. The van der Waals surface area contributed by atoms with Gasteiger partial charge in [-0.05, 0) is 61.7 Å². The van der Waals surface area contributed by atoms with Crippen LogP contribution in [-0.4, -0.2) is 67.0 Å². The van der Waals surface area contributed by atoms with Crippen LogP contribution in [0.5, 0.6) is 0 Å². The van der Waals surface area contributed by atoms with Crippen LogP contribution in [0.25, 0.3) is 0 Å². The Labute approximate surface area is 226 Å². The van der Waals surface area contributed by atoms with Crippen LogP contribution in [-0.2, 0) is 0 Å². The zero-order valence-corrected chi connectivity index (χ0v) is 22.4. The Hall–Kier alpha value is -2.86. The van der Waals surface area contributed by atoms with Gasteiger partial charge < -0.3 is 15.1 Å².